The van der Waals surface area contributed by atoms with Crippen LogP contribution < -0.4 is 18.9 Å². The summed E-state index contributed by atoms with van der Waals surface area (Å²) in [6.45, 7) is 3.47. The van der Waals surface area contributed by atoms with Gasteiger partial charge in [-0.3, -0.25) is 0 Å². The van der Waals surface area contributed by atoms with Gasteiger partial charge in [-0.1, -0.05) is 37.3 Å². The Morgan fingerprint density at radius 1 is 0.882 bits per heavy atom. The van der Waals surface area contributed by atoms with Crippen molar-refractivity contribution in [1.82, 2.24) is 4.98 Å². The van der Waals surface area contributed by atoms with Gasteiger partial charge in [-0.05, 0) is 36.1 Å². The summed E-state index contributed by atoms with van der Waals surface area (Å²) in [5, 5.41) is 0. The highest BCUT2D eigenvalue weighted by Crippen LogP contribution is 2.52. The van der Waals surface area contributed by atoms with Crippen molar-refractivity contribution in [2.75, 3.05) is 28.4 Å². The van der Waals surface area contributed by atoms with Gasteiger partial charge in [0.25, 0.3) is 0 Å². The highest BCUT2D eigenvalue weighted by Gasteiger charge is 2.42. The molecule has 0 saturated heterocycles. The molecule has 1 aromatic heterocycles. The minimum Gasteiger partial charge on any atom is -0.493 e. The fraction of sp³-hybridized carbons (Fsp3) is 0.346. The lowest BCUT2D eigenvalue weighted by Crippen LogP contribution is -2.20. The largest absolute Gasteiger partial charge is 0.493 e. The standard InChI is InChI=1S/C26H28F3NO4/c1-7-16-14-30-25(34-6)21(22(16)26(27,28)29)20(17-11-9-8-10-12-17)19-15(2)13-18(31-3)23(32-4)24(19)33-5/h8-14,20H,7H2,1-6H3. The Hall–Kier alpha value is -3.42. The molecule has 1 heterocycles. The van der Waals surface area contributed by atoms with E-state index in [4.69, 9.17) is 18.9 Å². The number of aromatic nitrogens is 1. The van der Waals surface area contributed by atoms with Crippen molar-refractivity contribution in [3.8, 4) is 23.1 Å². The zero-order chi connectivity index (χ0) is 25.0. The monoisotopic (exact) mass is 475 g/mol. The normalized spacial score (nSPS) is 12.3. The fourth-order valence-corrected chi connectivity index (χ4v) is 4.37. The van der Waals surface area contributed by atoms with Gasteiger partial charge >= 0.3 is 6.18 Å². The number of nitrogens with zero attached hydrogens (tertiary/aromatic N) is 1. The number of methoxy groups -OCH3 is 4. The first-order valence-electron chi connectivity index (χ1n) is 10.7. The molecule has 3 aromatic rings. The van der Waals surface area contributed by atoms with Crippen molar-refractivity contribution in [2.24, 2.45) is 0 Å². The second-order valence-corrected chi connectivity index (χ2v) is 7.65. The number of hydrogen-bond donors (Lipinski definition) is 0. The van der Waals surface area contributed by atoms with Crippen LogP contribution in [0.2, 0.25) is 0 Å². The topological polar surface area (TPSA) is 49.8 Å². The van der Waals surface area contributed by atoms with E-state index in [1.54, 1.807) is 44.2 Å². The molecule has 0 radical (unpaired) electrons. The molecular weight excluding hydrogens is 447 g/mol. The third-order valence-corrected chi connectivity index (χ3v) is 5.80. The van der Waals surface area contributed by atoms with E-state index in [1.165, 1.54) is 34.6 Å². The molecule has 182 valence electrons. The van der Waals surface area contributed by atoms with Crippen LogP contribution in [-0.4, -0.2) is 33.4 Å². The van der Waals surface area contributed by atoms with E-state index in [-0.39, 0.29) is 29.2 Å². The Morgan fingerprint density at radius 3 is 2.03 bits per heavy atom. The minimum atomic E-state index is -4.64. The zero-order valence-corrected chi connectivity index (χ0v) is 20.0. The first-order valence-corrected chi connectivity index (χ1v) is 10.7. The lowest BCUT2D eigenvalue weighted by Gasteiger charge is -2.29. The summed E-state index contributed by atoms with van der Waals surface area (Å²) >= 11 is 0. The molecule has 0 spiro atoms. The summed E-state index contributed by atoms with van der Waals surface area (Å²) in [5.41, 5.74) is 1.04. The molecule has 1 atom stereocenters. The lowest BCUT2D eigenvalue weighted by atomic mass is 9.79. The van der Waals surface area contributed by atoms with Crippen LogP contribution in [0, 0.1) is 6.92 Å². The van der Waals surface area contributed by atoms with Crippen molar-refractivity contribution in [3.63, 3.8) is 0 Å². The van der Waals surface area contributed by atoms with Crippen molar-refractivity contribution in [2.45, 2.75) is 32.4 Å². The molecule has 0 bridgehead atoms. The number of pyridine rings is 1. The van der Waals surface area contributed by atoms with E-state index in [0.717, 1.165) is 0 Å². The third-order valence-electron chi connectivity index (χ3n) is 5.80. The number of ether oxygens (including phenoxy) is 4. The van der Waals surface area contributed by atoms with Gasteiger partial charge in [-0.15, -0.1) is 0 Å². The maximum Gasteiger partial charge on any atom is 0.417 e. The van der Waals surface area contributed by atoms with Crippen molar-refractivity contribution in [3.05, 3.63) is 76.0 Å². The van der Waals surface area contributed by atoms with Gasteiger partial charge in [0.05, 0.1) is 34.0 Å². The van der Waals surface area contributed by atoms with Gasteiger partial charge in [0, 0.05) is 23.2 Å². The number of benzene rings is 2. The highest BCUT2D eigenvalue weighted by atomic mass is 19.4. The second kappa shape index (κ2) is 10.2. The molecule has 3 rings (SSSR count). The first-order chi connectivity index (χ1) is 16.2. The van der Waals surface area contributed by atoms with Crippen LogP contribution in [0.1, 0.15) is 46.2 Å². The number of rotatable bonds is 8. The van der Waals surface area contributed by atoms with Gasteiger partial charge < -0.3 is 18.9 Å². The van der Waals surface area contributed by atoms with E-state index in [1.807, 2.05) is 6.07 Å². The summed E-state index contributed by atoms with van der Waals surface area (Å²) in [6.07, 6.45) is -3.25. The predicted octanol–water partition coefficient (Wildman–Crippen LogP) is 6.19. The zero-order valence-electron chi connectivity index (χ0n) is 20.0. The lowest BCUT2D eigenvalue weighted by molar-refractivity contribution is -0.139. The molecule has 0 amide bonds. The summed E-state index contributed by atoms with van der Waals surface area (Å²) in [5.74, 6) is -0.0315. The summed E-state index contributed by atoms with van der Waals surface area (Å²) in [4.78, 5) is 4.26. The van der Waals surface area contributed by atoms with E-state index < -0.39 is 17.7 Å². The van der Waals surface area contributed by atoms with Gasteiger partial charge in [0.1, 0.15) is 0 Å². The molecule has 0 saturated carbocycles. The number of halogens is 3. The Morgan fingerprint density at radius 2 is 1.53 bits per heavy atom. The van der Waals surface area contributed by atoms with Crippen LogP contribution in [0.25, 0.3) is 0 Å². The van der Waals surface area contributed by atoms with E-state index in [9.17, 15) is 13.2 Å². The first kappa shape index (κ1) is 25.2. The van der Waals surface area contributed by atoms with E-state index in [2.05, 4.69) is 4.98 Å². The maximum absolute atomic E-state index is 14.6. The van der Waals surface area contributed by atoms with Gasteiger partial charge in [-0.2, -0.15) is 13.2 Å². The molecule has 0 N–H and O–H groups in total. The van der Waals surface area contributed by atoms with E-state index in [0.29, 0.717) is 28.2 Å². The molecule has 34 heavy (non-hydrogen) atoms. The van der Waals surface area contributed by atoms with Crippen molar-refractivity contribution < 1.29 is 32.1 Å². The van der Waals surface area contributed by atoms with Crippen LogP contribution in [0.5, 0.6) is 23.1 Å². The third kappa shape index (κ3) is 4.49. The molecule has 0 aliphatic heterocycles. The second-order valence-electron chi connectivity index (χ2n) is 7.65. The van der Waals surface area contributed by atoms with Crippen LogP contribution in [0.3, 0.4) is 0 Å². The van der Waals surface area contributed by atoms with Gasteiger partial charge in [-0.25, -0.2) is 4.98 Å². The number of aryl methyl sites for hydroxylation is 2. The minimum absolute atomic E-state index is 0.0748. The number of hydrogen-bond acceptors (Lipinski definition) is 5. The Bertz CT molecular complexity index is 1150. The SMILES string of the molecule is CCc1cnc(OC)c(C(c2ccccc2)c2c(C)cc(OC)c(OC)c2OC)c1C(F)(F)F. The number of alkyl halides is 3. The molecule has 0 aliphatic rings. The molecule has 0 fully saturated rings. The van der Waals surface area contributed by atoms with Crippen LogP contribution in [-0.2, 0) is 12.6 Å². The Balaban J connectivity index is 2.56. The average Bonchev–Trinajstić information content (AvgIpc) is 2.83. The summed E-state index contributed by atoms with van der Waals surface area (Å²) in [7, 11) is 5.71. The maximum atomic E-state index is 14.6. The molecule has 1 unspecified atom stereocenters. The smallest absolute Gasteiger partial charge is 0.417 e. The molecule has 2 aromatic carbocycles. The molecule has 8 heteroatoms. The Labute approximate surface area is 197 Å². The average molecular weight is 476 g/mol. The molecule has 0 aliphatic carbocycles. The molecular formula is C26H28F3NO4. The van der Waals surface area contributed by atoms with Gasteiger partial charge in [0.2, 0.25) is 11.6 Å². The summed E-state index contributed by atoms with van der Waals surface area (Å²) in [6, 6.07) is 10.6. The quantitative estimate of drug-likeness (QED) is 0.389. The van der Waals surface area contributed by atoms with Gasteiger partial charge in [0.15, 0.2) is 11.5 Å². The van der Waals surface area contributed by atoms with Crippen molar-refractivity contribution in [1.29, 1.82) is 0 Å². The predicted molar refractivity (Wildman–Crippen MR) is 123 cm³/mol. The van der Waals surface area contributed by atoms with Crippen LogP contribution in [0.4, 0.5) is 13.2 Å². The van der Waals surface area contributed by atoms with E-state index >= 15 is 0 Å². The van der Waals surface area contributed by atoms with Crippen molar-refractivity contribution >= 4 is 0 Å². The fourth-order valence-electron chi connectivity index (χ4n) is 4.37. The van der Waals surface area contributed by atoms with Crippen LogP contribution in [0.15, 0.2) is 42.6 Å². The highest BCUT2D eigenvalue weighted by molar-refractivity contribution is 5.65. The summed E-state index contributed by atoms with van der Waals surface area (Å²) < 4.78 is 65.9. The molecule has 5 nitrogen and oxygen atoms in total. The van der Waals surface area contributed by atoms with Crippen LogP contribution >= 0.6 is 0 Å². The Kier molecular flexibility index (Phi) is 7.59.